The lowest BCUT2D eigenvalue weighted by molar-refractivity contribution is -0.137. The maximum absolute atomic E-state index is 14.9. The zero-order valence-electron chi connectivity index (χ0n) is 31.8. The number of piperidine rings is 2. The number of nitrogens with one attached hydrogen (secondary N) is 1. The van der Waals surface area contributed by atoms with E-state index >= 15 is 0 Å². The second-order valence-electron chi connectivity index (χ2n) is 15.7. The van der Waals surface area contributed by atoms with Crippen LogP contribution in [-0.4, -0.2) is 85.8 Å². The van der Waals surface area contributed by atoms with Crippen molar-refractivity contribution >= 4 is 33.4 Å². The van der Waals surface area contributed by atoms with Crippen LogP contribution < -0.4 is 4.72 Å². The highest BCUT2D eigenvalue weighted by Crippen LogP contribution is 2.40. The van der Waals surface area contributed by atoms with E-state index in [-0.39, 0.29) is 47.9 Å². The van der Waals surface area contributed by atoms with Crippen LogP contribution in [0.15, 0.2) is 78.2 Å². The Hall–Kier alpha value is -3.85. The molecule has 2 amide bonds. The number of sulfonamides is 1. The van der Waals surface area contributed by atoms with Crippen molar-refractivity contribution in [1.29, 1.82) is 0 Å². The minimum absolute atomic E-state index is 0.0239. The summed E-state index contributed by atoms with van der Waals surface area (Å²) in [6, 6.07) is 12.8. The van der Waals surface area contributed by atoms with Crippen molar-refractivity contribution in [3.63, 3.8) is 0 Å². The van der Waals surface area contributed by atoms with Crippen molar-refractivity contribution in [1.82, 2.24) is 19.4 Å². The average molecular weight is 823 g/mol. The van der Waals surface area contributed by atoms with Gasteiger partial charge in [0.2, 0.25) is 15.9 Å². The van der Waals surface area contributed by atoms with Crippen molar-refractivity contribution in [2.24, 2.45) is 0 Å². The lowest BCUT2D eigenvalue weighted by atomic mass is 9.70. The first-order valence-corrected chi connectivity index (χ1v) is 20.4. The van der Waals surface area contributed by atoms with Crippen molar-refractivity contribution in [3.8, 4) is 0 Å². The molecule has 56 heavy (non-hydrogen) atoms. The summed E-state index contributed by atoms with van der Waals surface area (Å²) in [6.07, 6.45) is 0.162. The van der Waals surface area contributed by atoms with E-state index in [9.17, 15) is 40.0 Å². The minimum Gasteiger partial charge on any atom is -0.339 e. The number of amides is 2. The third-order valence-corrected chi connectivity index (χ3v) is 12.7. The van der Waals surface area contributed by atoms with E-state index < -0.39 is 49.3 Å². The molecule has 5 rings (SSSR count). The van der Waals surface area contributed by atoms with E-state index in [0.717, 1.165) is 29.8 Å². The number of hydrogen-bond acceptors (Lipinski definition) is 5. The molecule has 2 saturated heterocycles. The number of carbonyl (C=O) groups excluding carboxylic acids is 2. The summed E-state index contributed by atoms with van der Waals surface area (Å²) < 4.78 is 97.0. The fourth-order valence-corrected chi connectivity index (χ4v) is 9.41. The van der Waals surface area contributed by atoms with Crippen LogP contribution in [0.4, 0.5) is 22.0 Å². The fourth-order valence-electron chi connectivity index (χ4n) is 7.67. The maximum Gasteiger partial charge on any atom is 0.416 e. The Labute approximate surface area is 330 Å². The highest BCUT2D eigenvalue weighted by molar-refractivity contribution is 7.89. The number of benzene rings is 3. The Morgan fingerprint density at radius 1 is 0.982 bits per heavy atom. The first kappa shape index (κ1) is 43.3. The van der Waals surface area contributed by atoms with E-state index in [1.807, 2.05) is 6.07 Å². The molecule has 0 atom stereocenters. The SMILES string of the molecule is C=CCN(C(=O)Cc1ccc(C(F)(F)F)cc1)C1CCN(CCC2(c3cccc(F)c3)CCN(C(=O)c3cc(S(=O)(=O)NC(C)(C)C)c(F)cc3Cl)CC2)CC1. The number of nitrogens with zero attached hydrogens (tertiary/aromatic N) is 3. The van der Waals surface area contributed by atoms with Crippen molar-refractivity contribution < 1.29 is 40.0 Å². The van der Waals surface area contributed by atoms with Gasteiger partial charge in [0.05, 0.1) is 22.6 Å². The Balaban J connectivity index is 1.24. The molecule has 2 aliphatic rings. The molecular formula is C41H48ClF5N4O4S. The number of likely N-dealkylation sites (tertiary alicyclic amines) is 2. The molecule has 0 radical (unpaired) electrons. The van der Waals surface area contributed by atoms with E-state index in [0.29, 0.717) is 63.8 Å². The molecule has 15 heteroatoms. The molecule has 3 aromatic rings. The maximum atomic E-state index is 14.9. The molecule has 0 bridgehead atoms. The molecule has 3 aromatic carbocycles. The van der Waals surface area contributed by atoms with Gasteiger partial charge in [-0.15, -0.1) is 6.58 Å². The van der Waals surface area contributed by atoms with Crippen LogP contribution in [0.1, 0.15) is 79.9 Å². The molecule has 304 valence electrons. The van der Waals surface area contributed by atoms with E-state index in [1.165, 1.54) is 24.3 Å². The number of halogens is 6. The van der Waals surface area contributed by atoms with Gasteiger partial charge >= 0.3 is 6.18 Å². The predicted octanol–water partition coefficient (Wildman–Crippen LogP) is 8.00. The standard InChI is InChI=1S/C41H48ClF5N4O4S/c1-5-18-51(37(52)24-28-9-11-29(12-10-28)41(45,46)47)32-13-19-49(20-14-32)21-15-40(30-7-6-8-31(43)25-30)16-22-50(23-17-40)38(53)33-26-36(35(44)27-34(33)42)56(54,55)48-39(2,3)4/h5-12,25-27,32,48H,1,13-24H2,2-4H3. The zero-order valence-corrected chi connectivity index (χ0v) is 33.3. The molecule has 0 aromatic heterocycles. The molecular weight excluding hydrogens is 775 g/mol. The quantitative estimate of drug-likeness (QED) is 0.148. The summed E-state index contributed by atoms with van der Waals surface area (Å²) in [5.74, 6) is -2.17. The highest BCUT2D eigenvalue weighted by atomic mass is 35.5. The summed E-state index contributed by atoms with van der Waals surface area (Å²) in [4.78, 5) is 32.1. The summed E-state index contributed by atoms with van der Waals surface area (Å²) in [6.45, 7) is 11.5. The van der Waals surface area contributed by atoms with Crippen LogP contribution in [0.25, 0.3) is 0 Å². The number of hydrogen-bond donors (Lipinski definition) is 1. The van der Waals surface area contributed by atoms with Crippen LogP contribution in [0.5, 0.6) is 0 Å². The molecule has 0 saturated carbocycles. The van der Waals surface area contributed by atoms with Crippen LogP contribution in [0.2, 0.25) is 5.02 Å². The normalized spacial score (nSPS) is 17.1. The molecule has 0 spiro atoms. The summed E-state index contributed by atoms with van der Waals surface area (Å²) in [5, 5.41) is -0.208. The largest absolute Gasteiger partial charge is 0.416 e. The lowest BCUT2D eigenvalue weighted by Crippen LogP contribution is -2.49. The Bertz CT molecular complexity index is 2010. The molecule has 2 fully saturated rings. The Morgan fingerprint density at radius 2 is 1.62 bits per heavy atom. The smallest absolute Gasteiger partial charge is 0.339 e. The van der Waals surface area contributed by atoms with Crippen molar-refractivity contribution in [2.75, 3.05) is 39.3 Å². The summed E-state index contributed by atoms with van der Waals surface area (Å²) >= 11 is 6.31. The summed E-state index contributed by atoms with van der Waals surface area (Å²) in [5.41, 5.74) is -0.977. The first-order chi connectivity index (χ1) is 26.2. The predicted molar refractivity (Wildman–Crippen MR) is 206 cm³/mol. The van der Waals surface area contributed by atoms with Crippen molar-refractivity contribution in [2.45, 2.75) is 87.4 Å². The van der Waals surface area contributed by atoms with Crippen LogP contribution in [0, 0.1) is 11.6 Å². The molecule has 8 nitrogen and oxygen atoms in total. The lowest BCUT2D eigenvalue weighted by Gasteiger charge is -2.44. The Morgan fingerprint density at radius 3 is 2.20 bits per heavy atom. The van der Waals surface area contributed by atoms with Gasteiger partial charge in [-0.25, -0.2) is 21.9 Å². The van der Waals surface area contributed by atoms with Crippen LogP contribution in [-0.2, 0) is 32.8 Å². The Kier molecular flexibility index (Phi) is 13.4. The number of rotatable bonds is 12. The van der Waals surface area contributed by atoms with Gasteiger partial charge < -0.3 is 14.7 Å². The number of alkyl halides is 3. The van der Waals surface area contributed by atoms with Crippen LogP contribution >= 0.6 is 11.6 Å². The topological polar surface area (TPSA) is 90.0 Å². The van der Waals surface area contributed by atoms with Crippen LogP contribution in [0.3, 0.4) is 0 Å². The molecule has 1 N–H and O–H groups in total. The second kappa shape index (κ2) is 17.3. The number of carbonyl (C=O) groups is 2. The van der Waals surface area contributed by atoms with Gasteiger partial charge in [-0.05, 0) is 112 Å². The third kappa shape index (κ3) is 10.6. The van der Waals surface area contributed by atoms with Gasteiger partial charge in [0, 0.05) is 44.3 Å². The molecule has 2 heterocycles. The van der Waals surface area contributed by atoms with E-state index in [1.54, 1.807) is 42.7 Å². The highest BCUT2D eigenvalue weighted by Gasteiger charge is 2.39. The van der Waals surface area contributed by atoms with Gasteiger partial charge in [0.15, 0.2) is 0 Å². The average Bonchev–Trinajstić information content (AvgIpc) is 3.12. The van der Waals surface area contributed by atoms with Gasteiger partial charge in [0.25, 0.3) is 5.91 Å². The van der Waals surface area contributed by atoms with Crippen molar-refractivity contribution in [3.05, 3.63) is 112 Å². The van der Waals surface area contributed by atoms with Gasteiger partial charge in [0.1, 0.15) is 16.5 Å². The molecule has 0 aliphatic carbocycles. The summed E-state index contributed by atoms with van der Waals surface area (Å²) in [7, 11) is -4.31. The van der Waals surface area contributed by atoms with Gasteiger partial charge in [-0.2, -0.15) is 13.2 Å². The minimum atomic E-state index is -4.46. The third-order valence-electron chi connectivity index (χ3n) is 10.6. The zero-order chi connectivity index (χ0) is 41.1. The fraction of sp³-hybridized carbons (Fsp3) is 0.463. The van der Waals surface area contributed by atoms with Gasteiger partial charge in [-0.1, -0.05) is 41.9 Å². The first-order valence-electron chi connectivity index (χ1n) is 18.6. The van der Waals surface area contributed by atoms with Gasteiger partial charge in [-0.3, -0.25) is 9.59 Å². The van der Waals surface area contributed by atoms with E-state index in [2.05, 4.69) is 16.2 Å². The monoisotopic (exact) mass is 822 g/mol. The molecule has 2 aliphatic heterocycles. The molecule has 0 unspecified atom stereocenters. The second-order valence-corrected chi connectivity index (χ2v) is 17.8. The van der Waals surface area contributed by atoms with E-state index in [4.69, 9.17) is 11.6 Å².